The lowest BCUT2D eigenvalue weighted by atomic mass is 9.85. The van der Waals surface area contributed by atoms with Gasteiger partial charge in [0.25, 0.3) is 0 Å². The molecule has 0 aromatic carbocycles. The normalized spacial score (nSPS) is 19.0. The van der Waals surface area contributed by atoms with Gasteiger partial charge >= 0.3 is 0 Å². The first-order valence-electron chi connectivity index (χ1n) is 6.59. The van der Waals surface area contributed by atoms with E-state index in [0.717, 1.165) is 31.7 Å². The summed E-state index contributed by atoms with van der Waals surface area (Å²) >= 11 is 6.22. The van der Waals surface area contributed by atoms with Gasteiger partial charge in [0, 0.05) is 19.3 Å². The van der Waals surface area contributed by atoms with Crippen LogP contribution in [0.2, 0.25) is 5.02 Å². The predicted molar refractivity (Wildman–Crippen MR) is 77.6 cm³/mol. The number of nitrogens with two attached hydrogens (primary N) is 1. The minimum Gasteiger partial charge on any atom is -0.366 e. The summed E-state index contributed by atoms with van der Waals surface area (Å²) in [5, 5.41) is 0.496. The van der Waals surface area contributed by atoms with Crippen LogP contribution in [0.5, 0.6) is 0 Å². The highest BCUT2D eigenvalue weighted by molar-refractivity contribution is 6.33. The molecule has 2 heterocycles. The van der Waals surface area contributed by atoms with E-state index < -0.39 is 5.91 Å². The zero-order chi connectivity index (χ0) is 14.0. The van der Waals surface area contributed by atoms with Crippen LogP contribution in [0.15, 0.2) is 12.3 Å². The van der Waals surface area contributed by atoms with E-state index in [2.05, 4.69) is 23.7 Å². The second-order valence-corrected chi connectivity index (χ2v) is 6.31. The number of rotatable bonds is 2. The van der Waals surface area contributed by atoms with Crippen molar-refractivity contribution < 1.29 is 4.79 Å². The quantitative estimate of drug-likeness (QED) is 0.907. The summed E-state index contributed by atoms with van der Waals surface area (Å²) in [6.07, 6.45) is 4.95. The van der Waals surface area contributed by atoms with E-state index in [1.807, 2.05) is 0 Å². The lowest BCUT2D eigenvalue weighted by Gasteiger charge is -2.24. The molecule has 19 heavy (non-hydrogen) atoms. The van der Waals surface area contributed by atoms with Crippen molar-refractivity contribution in [3.63, 3.8) is 0 Å². The Balaban J connectivity index is 2.20. The molecule has 1 aromatic rings. The van der Waals surface area contributed by atoms with Crippen molar-refractivity contribution in [1.29, 1.82) is 0 Å². The number of nitrogens with zero attached hydrogens (tertiary/aromatic N) is 2. The van der Waals surface area contributed by atoms with Gasteiger partial charge in [0.15, 0.2) is 0 Å². The molecule has 0 radical (unpaired) electrons. The highest BCUT2D eigenvalue weighted by Crippen LogP contribution is 2.33. The number of hydrogen-bond acceptors (Lipinski definition) is 3. The fourth-order valence-electron chi connectivity index (χ4n) is 2.43. The number of halogens is 1. The Bertz CT molecular complexity index is 488. The average molecular weight is 282 g/mol. The smallest absolute Gasteiger partial charge is 0.250 e. The summed E-state index contributed by atoms with van der Waals surface area (Å²) < 4.78 is 0. The molecule has 0 saturated carbocycles. The fourth-order valence-corrected chi connectivity index (χ4v) is 2.72. The molecule has 2 N–H and O–H groups in total. The van der Waals surface area contributed by atoms with Crippen LogP contribution in [-0.2, 0) is 0 Å². The number of pyridine rings is 1. The van der Waals surface area contributed by atoms with Crippen LogP contribution in [0.1, 0.15) is 43.5 Å². The number of hydrogen-bond donors (Lipinski definition) is 1. The summed E-state index contributed by atoms with van der Waals surface area (Å²) in [6.45, 7) is 6.48. The molecular formula is C14H20ClN3O. The summed E-state index contributed by atoms with van der Waals surface area (Å²) in [5.41, 5.74) is 5.94. The van der Waals surface area contributed by atoms with E-state index in [0.29, 0.717) is 16.0 Å². The van der Waals surface area contributed by atoms with E-state index in [1.54, 1.807) is 6.07 Å². The van der Waals surface area contributed by atoms with E-state index in [9.17, 15) is 4.79 Å². The summed E-state index contributed by atoms with van der Waals surface area (Å²) in [5.74, 6) is 0.252. The molecule has 0 bridgehead atoms. The molecule has 1 amide bonds. The summed E-state index contributed by atoms with van der Waals surface area (Å²) in [7, 11) is 0. The molecular weight excluding hydrogens is 262 g/mol. The standard InChI is InChI=1S/C14H20ClN3O/c1-14(2)4-3-6-18(7-5-14)13-11(15)8-10(9-17-13)12(16)19/h8-9H,3-7H2,1-2H3,(H2,16,19). The molecule has 5 heteroatoms. The Morgan fingerprint density at radius 3 is 2.79 bits per heavy atom. The maximum atomic E-state index is 11.1. The van der Waals surface area contributed by atoms with Gasteiger partial charge in [0.2, 0.25) is 5.91 Å². The predicted octanol–water partition coefficient (Wildman–Crippen LogP) is 2.85. The molecule has 0 atom stereocenters. The zero-order valence-corrected chi connectivity index (χ0v) is 12.2. The Kier molecular flexibility index (Phi) is 3.99. The van der Waals surface area contributed by atoms with Gasteiger partial charge in [-0.3, -0.25) is 4.79 Å². The fraction of sp³-hybridized carbons (Fsp3) is 0.571. The highest BCUT2D eigenvalue weighted by Gasteiger charge is 2.24. The second kappa shape index (κ2) is 5.37. The van der Waals surface area contributed by atoms with Gasteiger partial charge < -0.3 is 10.6 Å². The second-order valence-electron chi connectivity index (χ2n) is 5.90. The van der Waals surface area contributed by atoms with Gasteiger partial charge in [-0.25, -0.2) is 4.98 Å². The summed E-state index contributed by atoms with van der Waals surface area (Å²) in [6, 6.07) is 1.60. The third kappa shape index (κ3) is 3.38. The van der Waals surface area contributed by atoms with Crippen LogP contribution in [-0.4, -0.2) is 24.0 Å². The molecule has 1 saturated heterocycles. The number of aromatic nitrogens is 1. The van der Waals surface area contributed by atoms with Gasteiger partial charge in [-0.05, 0) is 30.7 Å². The van der Waals surface area contributed by atoms with Crippen LogP contribution in [0.3, 0.4) is 0 Å². The first-order valence-corrected chi connectivity index (χ1v) is 6.97. The van der Waals surface area contributed by atoms with Crippen LogP contribution in [0.25, 0.3) is 0 Å². The molecule has 4 nitrogen and oxygen atoms in total. The van der Waals surface area contributed by atoms with Crippen molar-refractivity contribution in [3.05, 3.63) is 22.8 Å². The van der Waals surface area contributed by atoms with E-state index in [4.69, 9.17) is 17.3 Å². The third-order valence-electron chi connectivity index (χ3n) is 3.75. The molecule has 1 aromatic heterocycles. The molecule has 2 rings (SSSR count). The minimum atomic E-state index is -0.502. The van der Waals surface area contributed by atoms with Gasteiger partial charge in [-0.15, -0.1) is 0 Å². The van der Waals surface area contributed by atoms with Crippen molar-refractivity contribution in [1.82, 2.24) is 4.98 Å². The number of amides is 1. The van der Waals surface area contributed by atoms with E-state index in [1.165, 1.54) is 12.6 Å². The maximum absolute atomic E-state index is 11.1. The minimum absolute atomic E-state index is 0.351. The Morgan fingerprint density at radius 2 is 2.16 bits per heavy atom. The molecule has 1 aliphatic rings. The lowest BCUT2D eigenvalue weighted by Crippen LogP contribution is -2.26. The highest BCUT2D eigenvalue weighted by atomic mass is 35.5. The van der Waals surface area contributed by atoms with Crippen LogP contribution in [0.4, 0.5) is 5.82 Å². The van der Waals surface area contributed by atoms with Crippen molar-refractivity contribution in [2.45, 2.75) is 33.1 Å². The number of anilines is 1. The summed E-state index contributed by atoms with van der Waals surface area (Å²) in [4.78, 5) is 17.6. The number of primary amides is 1. The topological polar surface area (TPSA) is 59.2 Å². The number of carbonyl (C=O) groups excluding carboxylic acids is 1. The molecule has 0 spiro atoms. The lowest BCUT2D eigenvalue weighted by molar-refractivity contribution is 0.1000. The van der Waals surface area contributed by atoms with Crippen molar-refractivity contribution in [2.24, 2.45) is 11.1 Å². The molecule has 0 aliphatic carbocycles. The van der Waals surface area contributed by atoms with Gasteiger partial charge in [0.05, 0.1) is 10.6 Å². The Morgan fingerprint density at radius 1 is 1.42 bits per heavy atom. The van der Waals surface area contributed by atoms with Gasteiger partial charge in [-0.1, -0.05) is 25.4 Å². The number of carbonyl (C=O) groups is 1. The van der Waals surface area contributed by atoms with Gasteiger partial charge in [0.1, 0.15) is 5.82 Å². The zero-order valence-electron chi connectivity index (χ0n) is 11.4. The molecule has 1 fully saturated rings. The molecule has 0 unspecified atom stereocenters. The Hall–Kier alpha value is -1.29. The van der Waals surface area contributed by atoms with Crippen LogP contribution in [0, 0.1) is 5.41 Å². The first kappa shape index (κ1) is 14.1. The maximum Gasteiger partial charge on any atom is 0.250 e. The van der Waals surface area contributed by atoms with Crippen molar-refractivity contribution >= 4 is 23.3 Å². The van der Waals surface area contributed by atoms with Crippen LogP contribution < -0.4 is 10.6 Å². The molecule has 1 aliphatic heterocycles. The van der Waals surface area contributed by atoms with E-state index >= 15 is 0 Å². The van der Waals surface area contributed by atoms with Crippen molar-refractivity contribution in [2.75, 3.05) is 18.0 Å². The molecule has 104 valence electrons. The SMILES string of the molecule is CC1(C)CCCN(c2ncc(C(N)=O)cc2Cl)CC1. The van der Waals surface area contributed by atoms with E-state index in [-0.39, 0.29) is 0 Å². The third-order valence-corrected chi connectivity index (χ3v) is 4.02. The monoisotopic (exact) mass is 281 g/mol. The van der Waals surface area contributed by atoms with Gasteiger partial charge in [-0.2, -0.15) is 0 Å². The Labute approximate surface area is 118 Å². The first-order chi connectivity index (χ1) is 8.89. The average Bonchev–Trinajstić information content (AvgIpc) is 2.50. The largest absolute Gasteiger partial charge is 0.366 e. The van der Waals surface area contributed by atoms with Crippen molar-refractivity contribution in [3.8, 4) is 0 Å². The van der Waals surface area contributed by atoms with Crippen LogP contribution >= 0.6 is 11.6 Å².